The minimum Gasteiger partial charge on any atom is -0.478 e. The van der Waals surface area contributed by atoms with Crippen LogP contribution in [0.3, 0.4) is 0 Å². The first kappa shape index (κ1) is 14.8. The van der Waals surface area contributed by atoms with Crippen molar-refractivity contribution in [1.82, 2.24) is 0 Å². The molecule has 20 heavy (non-hydrogen) atoms. The smallest absolute Gasteiger partial charge is 0.338 e. The number of carboxylic acids is 1. The lowest BCUT2D eigenvalue weighted by Crippen LogP contribution is -2.14. The lowest BCUT2D eigenvalue weighted by molar-refractivity contribution is 0.0698. The van der Waals surface area contributed by atoms with E-state index in [2.05, 4.69) is 5.32 Å². The third-order valence-electron chi connectivity index (χ3n) is 2.38. The van der Waals surface area contributed by atoms with Gasteiger partial charge in [0, 0.05) is 0 Å². The molecule has 0 saturated carbocycles. The van der Waals surface area contributed by atoms with Crippen molar-refractivity contribution in [3.63, 3.8) is 0 Å². The van der Waals surface area contributed by atoms with Crippen LogP contribution >= 0.6 is 34.5 Å². The highest BCUT2D eigenvalue weighted by Gasteiger charge is 2.18. The summed E-state index contributed by atoms with van der Waals surface area (Å²) in [7, 11) is 0. The molecule has 0 unspecified atom stereocenters. The van der Waals surface area contributed by atoms with Gasteiger partial charge in [-0.1, -0.05) is 23.2 Å². The molecule has 1 aromatic carbocycles. The molecule has 0 spiro atoms. The molecule has 0 aliphatic carbocycles. The minimum atomic E-state index is -1.17. The zero-order valence-electron chi connectivity index (χ0n) is 9.62. The van der Waals surface area contributed by atoms with Crippen molar-refractivity contribution in [1.29, 1.82) is 0 Å². The Labute approximate surface area is 126 Å². The summed E-state index contributed by atoms with van der Waals surface area (Å²) in [5.41, 5.74) is -0.174. The normalized spacial score (nSPS) is 10.3. The Kier molecular flexibility index (Phi) is 4.27. The standard InChI is InChI=1S/C12H6Cl2FNO3S/c13-7-4-8(14)9(15)3-6(7)10(17)16-11-5(12(18)19)1-2-20-11/h1-4H,(H,16,17)(H,18,19). The summed E-state index contributed by atoms with van der Waals surface area (Å²) in [6.45, 7) is 0. The molecular weight excluding hydrogens is 328 g/mol. The van der Waals surface area contributed by atoms with Crippen molar-refractivity contribution < 1.29 is 19.1 Å². The van der Waals surface area contributed by atoms with Gasteiger partial charge in [0.15, 0.2) is 0 Å². The van der Waals surface area contributed by atoms with Gasteiger partial charge in [-0.15, -0.1) is 11.3 Å². The quantitative estimate of drug-likeness (QED) is 0.829. The highest BCUT2D eigenvalue weighted by Crippen LogP contribution is 2.27. The molecule has 2 rings (SSSR count). The van der Waals surface area contributed by atoms with Gasteiger partial charge in [-0.2, -0.15) is 0 Å². The molecule has 8 heteroatoms. The van der Waals surface area contributed by atoms with Gasteiger partial charge in [-0.25, -0.2) is 9.18 Å². The molecule has 0 fully saturated rings. The minimum absolute atomic E-state index is 0.0256. The number of nitrogens with one attached hydrogen (secondary N) is 1. The highest BCUT2D eigenvalue weighted by molar-refractivity contribution is 7.14. The van der Waals surface area contributed by atoms with E-state index in [4.69, 9.17) is 28.3 Å². The number of hydrogen-bond acceptors (Lipinski definition) is 3. The van der Waals surface area contributed by atoms with Gasteiger partial charge < -0.3 is 10.4 Å². The van der Waals surface area contributed by atoms with E-state index in [0.29, 0.717) is 0 Å². The Morgan fingerprint density at radius 2 is 1.90 bits per heavy atom. The van der Waals surface area contributed by atoms with E-state index < -0.39 is 17.7 Å². The van der Waals surface area contributed by atoms with Crippen LogP contribution in [0.1, 0.15) is 20.7 Å². The summed E-state index contributed by atoms with van der Waals surface area (Å²) >= 11 is 12.4. The van der Waals surface area contributed by atoms with Gasteiger partial charge in [-0.05, 0) is 23.6 Å². The molecule has 2 aromatic rings. The third-order valence-corrected chi connectivity index (χ3v) is 3.81. The number of aromatic carboxylic acids is 1. The van der Waals surface area contributed by atoms with Gasteiger partial charge >= 0.3 is 5.97 Å². The van der Waals surface area contributed by atoms with Crippen LogP contribution in [-0.4, -0.2) is 17.0 Å². The average molecular weight is 334 g/mol. The maximum Gasteiger partial charge on any atom is 0.338 e. The number of halogens is 3. The van der Waals surface area contributed by atoms with E-state index in [1.165, 1.54) is 11.4 Å². The summed E-state index contributed by atoms with van der Waals surface area (Å²) in [5, 5.41) is 12.7. The molecule has 1 aromatic heterocycles. The zero-order chi connectivity index (χ0) is 14.9. The summed E-state index contributed by atoms with van der Waals surface area (Å²) in [4.78, 5) is 22.9. The van der Waals surface area contributed by atoms with Crippen molar-refractivity contribution in [2.24, 2.45) is 0 Å². The van der Waals surface area contributed by atoms with E-state index in [9.17, 15) is 14.0 Å². The number of thiophene rings is 1. The number of carboxylic acid groups (broad SMARTS) is 1. The predicted octanol–water partition coefficient (Wildman–Crippen LogP) is 4.14. The van der Waals surface area contributed by atoms with Crippen LogP contribution in [0.2, 0.25) is 10.0 Å². The first-order chi connectivity index (χ1) is 9.40. The molecule has 2 N–H and O–H groups in total. The van der Waals surface area contributed by atoms with Crippen LogP contribution in [-0.2, 0) is 0 Å². The van der Waals surface area contributed by atoms with Crippen LogP contribution in [0.5, 0.6) is 0 Å². The number of amides is 1. The highest BCUT2D eigenvalue weighted by atomic mass is 35.5. The number of carbonyl (C=O) groups excluding carboxylic acids is 1. The van der Waals surface area contributed by atoms with Crippen molar-refractivity contribution in [2.75, 3.05) is 5.32 Å². The molecule has 0 atom stereocenters. The SMILES string of the molecule is O=C(Nc1sccc1C(=O)O)c1cc(F)c(Cl)cc1Cl. The van der Waals surface area contributed by atoms with Gasteiger partial charge in [0.05, 0.1) is 21.2 Å². The van der Waals surface area contributed by atoms with E-state index in [1.807, 2.05) is 0 Å². The van der Waals surface area contributed by atoms with Crippen LogP contribution in [0.25, 0.3) is 0 Å². The molecule has 1 heterocycles. The number of anilines is 1. The molecule has 1 amide bonds. The van der Waals surface area contributed by atoms with Crippen LogP contribution < -0.4 is 5.32 Å². The fraction of sp³-hybridized carbons (Fsp3) is 0. The van der Waals surface area contributed by atoms with Crippen molar-refractivity contribution >= 4 is 51.4 Å². The number of rotatable bonds is 3. The number of hydrogen-bond donors (Lipinski definition) is 2. The van der Waals surface area contributed by atoms with Crippen molar-refractivity contribution in [2.45, 2.75) is 0 Å². The lowest BCUT2D eigenvalue weighted by Gasteiger charge is -2.07. The zero-order valence-corrected chi connectivity index (χ0v) is 11.9. The van der Waals surface area contributed by atoms with E-state index in [0.717, 1.165) is 23.5 Å². The first-order valence-corrected chi connectivity index (χ1v) is 6.80. The van der Waals surface area contributed by atoms with Crippen molar-refractivity contribution in [3.05, 3.63) is 50.6 Å². The van der Waals surface area contributed by atoms with Gasteiger partial charge in [0.1, 0.15) is 10.8 Å². The Balaban J connectivity index is 2.31. The van der Waals surface area contributed by atoms with Crippen LogP contribution in [0.4, 0.5) is 9.39 Å². The van der Waals surface area contributed by atoms with Crippen LogP contribution in [0.15, 0.2) is 23.6 Å². The summed E-state index contributed by atoms with van der Waals surface area (Å²) < 4.78 is 13.3. The predicted molar refractivity (Wildman–Crippen MR) is 75.7 cm³/mol. The number of carbonyl (C=O) groups is 2. The summed E-state index contributed by atoms with van der Waals surface area (Å²) in [6, 6.07) is 3.36. The maximum atomic E-state index is 13.3. The second kappa shape index (κ2) is 5.78. The molecule has 4 nitrogen and oxygen atoms in total. The van der Waals surface area contributed by atoms with Gasteiger partial charge in [0.2, 0.25) is 0 Å². The van der Waals surface area contributed by atoms with Gasteiger partial charge in [0.25, 0.3) is 5.91 Å². The molecule has 0 aliphatic rings. The molecule has 0 bridgehead atoms. The van der Waals surface area contributed by atoms with E-state index in [-0.39, 0.29) is 26.2 Å². The average Bonchev–Trinajstić information content (AvgIpc) is 2.81. The fourth-order valence-corrected chi connectivity index (χ4v) is 2.68. The molecular formula is C12H6Cl2FNO3S. The summed E-state index contributed by atoms with van der Waals surface area (Å²) in [5.74, 6) is -2.67. The molecule has 104 valence electrons. The number of benzene rings is 1. The third kappa shape index (κ3) is 2.92. The maximum absolute atomic E-state index is 13.3. The summed E-state index contributed by atoms with van der Waals surface area (Å²) in [6.07, 6.45) is 0. The van der Waals surface area contributed by atoms with Gasteiger partial charge in [-0.3, -0.25) is 4.79 Å². The second-order valence-corrected chi connectivity index (χ2v) is 5.40. The Hall–Kier alpha value is -1.63. The molecule has 0 aliphatic heterocycles. The molecule has 0 radical (unpaired) electrons. The molecule has 0 saturated heterocycles. The Morgan fingerprint density at radius 3 is 2.55 bits per heavy atom. The second-order valence-electron chi connectivity index (χ2n) is 3.67. The Bertz CT molecular complexity index is 702. The topological polar surface area (TPSA) is 66.4 Å². The Morgan fingerprint density at radius 1 is 1.20 bits per heavy atom. The lowest BCUT2D eigenvalue weighted by atomic mass is 10.2. The monoisotopic (exact) mass is 333 g/mol. The van der Waals surface area contributed by atoms with Crippen LogP contribution in [0, 0.1) is 5.82 Å². The largest absolute Gasteiger partial charge is 0.478 e. The van der Waals surface area contributed by atoms with E-state index in [1.54, 1.807) is 0 Å². The van der Waals surface area contributed by atoms with E-state index >= 15 is 0 Å². The first-order valence-electron chi connectivity index (χ1n) is 5.17. The van der Waals surface area contributed by atoms with Crippen molar-refractivity contribution in [3.8, 4) is 0 Å². The fourth-order valence-electron chi connectivity index (χ4n) is 1.44.